The molecule has 5 nitrogen and oxygen atoms in total. The van der Waals surface area contributed by atoms with Gasteiger partial charge in [0.15, 0.2) is 0 Å². The van der Waals surface area contributed by atoms with Crippen LogP contribution < -0.4 is 10.0 Å². The first-order chi connectivity index (χ1) is 8.40. The van der Waals surface area contributed by atoms with Crippen LogP contribution in [0, 0.1) is 0 Å². The molecule has 6 heteroatoms. The first-order valence-electron chi connectivity index (χ1n) is 6.73. The molecule has 1 aliphatic rings. The molecule has 1 rings (SSSR count). The van der Waals surface area contributed by atoms with Crippen LogP contribution in [0.3, 0.4) is 0 Å². The van der Waals surface area contributed by atoms with Crippen molar-refractivity contribution in [3.05, 3.63) is 0 Å². The third-order valence-corrected chi connectivity index (χ3v) is 5.15. The van der Waals surface area contributed by atoms with Crippen LogP contribution in [0.15, 0.2) is 0 Å². The average molecular weight is 278 g/mol. The topological polar surface area (TPSA) is 67.4 Å². The molecule has 0 bridgehead atoms. The minimum Gasteiger partial charge on any atom is -0.376 e. The van der Waals surface area contributed by atoms with Crippen LogP contribution in [0.2, 0.25) is 0 Å². The highest BCUT2D eigenvalue weighted by atomic mass is 32.2. The Morgan fingerprint density at radius 1 is 1.39 bits per heavy atom. The summed E-state index contributed by atoms with van der Waals surface area (Å²) in [5, 5.41) is 3.19. The van der Waals surface area contributed by atoms with Crippen molar-refractivity contribution < 1.29 is 13.2 Å². The maximum atomic E-state index is 12.0. The SMILES string of the molecule is CCNCCCCS(=O)(=O)NC1(C)CCOC1C. The molecule has 2 atom stereocenters. The maximum Gasteiger partial charge on any atom is 0.212 e. The monoisotopic (exact) mass is 278 g/mol. The highest BCUT2D eigenvalue weighted by Gasteiger charge is 2.39. The second-order valence-electron chi connectivity index (χ2n) is 5.16. The van der Waals surface area contributed by atoms with Gasteiger partial charge in [-0.2, -0.15) is 0 Å². The standard InChI is InChI=1S/C12H26N2O3S/c1-4-13-8-5-6-10-18(15,16)14-12(3)7-9-17-11(12)2/h11,13-14H,4-10H2,1-3H3. The molecule has 0 aromatic heterocycles. The van der Waals surface area contributed by atoms with Crippen LogP contribution >= 0.6 is 0 Å². The molecular weight excluding hydrogens is 252 g/mol. The number of hydrogen-bond acceptors (Lipinski definition) is 4. The molecule has 0 spiro atoms. The van der Waals surface area contributed by atoms with E-state index in [1.165, 1.54) is 0 Å². The van der Waals surface area contributed by atoms with Crippen molar-refractivity contribution in [3.8, 4) is 0 Å². The number of rotatable bonds is 8. The van der Waals surface area contributed by atoms with E-state index >= 15 is 0 Å². The van der Waals surface area contributed by atoms with E-state index in [0.29, 0.717) is 13.0 Å². The van der Waals surface area contributed by atoms with Gasteiger partial charge in [0.25, 0.3) is 0 Å². The van der Waals surface area contributed by atoms with Crippen LogP contribution in [0.5, 0.6) is 0 Å². The van der Waals surface area contributed by atoms with Gasteiger partial charge < -0.3 is 10.1 Å². The Bertz CT molecular complexity index is 345. The third kappa shape index (κ3) is 4.84. The maximum absolute atomic E-state index is 12.0. The number of sulfonamides is 1. The van der Waals surface area contributed by atoms with Gasteiger partial charge in [0.1, 0.15) is 0 Å². The van der Waals surface area contributed by atoms with Crippen molar-refractivity contribution in [2.24, 2.45) is 0 Å². The van der Waals surface area contributed by atoms with Gasteiger partial charge in [0.05, 0.1) is 17.4 Å². The highest BCUT2D eigenvalue weighted by Crippen LogP contribution is 2.26. The molecule has 0 radical (unpaired) electrons. The summed E-state index contributed by atoms with van der Waals surface area (Å²) >= 11 is 0. The molecule has 0 amide bonds. The predicted molar refractivity (Wildman–Crippen MR) is 73.1 cm³/mol. The van der Waals surface area contributed by atoms with E-state index in [4.69, 9.17) is 4.74 Å². The van der Waals surface area contributed by atoms with Crippen molar-refractivity contribution in [2.75, 3.05) is 25.4 Å². The van der Waals surface area contributed by atoms with E-state index in [1.807, 2.05) is 20.8 Å². The number of hydrogen-bond donors (Lipinski definition) is 2. The lowest BCUT2D eigenvalue weighted by molar-refractivity contribution is 0.0957. The lowest BCUT2D eigenvalue weighted by atomic mass is 9.97. The van der Waals surface area contributed by atoms with Gasteiger partial charge in [-0.15, -0.1) is 0 Å². The van der Waals surface area contributed by atoms with Crippen molar-refractivity contribution in [2.45, 2.75) is 51.7 Å². The summed E-state index contributed by atoms with van der Waals surface area (Å²) in [7, 11) is -3.20. The zero-order valence-corrected chi connectivity index (χ0v) is 12.5. The van der Waals surface area contributed by atoms with Crippen LogP contribution in [0.4, 0.5) is 0 Å². The Labute approximate surface area is 111 Å². The van der Waals surface area contributed by atoms with Gasteiger partial charge in [0, 0.05) is 6.61 Å². The minimum atomic E-state index is -3.20. The average Bonchev–Trinajstić information content (AvgIpc) is 2.57. The first kappa shape index (κ1) is 15.9. The van der Waals surface area contributed by atoms with Gasteiger partial charge in [-0.1, -0.05) is 6.92 Å². The Morgan fingerprint density at radius 3 is 2.67 bits per heavy atom. The van der Waals surface area contributed by atoms with Gasteiger partial charge in [0.2, 0.25) is 10.0 Å². The van der Waals surface area contributed by atoms with Crippen LogP contribution in [0.25, 0.3) is 0 Å². The van der Waals surface area contributed by atoms with Gasteiger partial charge in [-0.05, 0) is 46.2 Å². The summed E-state index contributed by atoms with van der Waals surface area (Å²) in [6.07, 6.45) is 2.25. The molecular formula is C12H26N2O3S. The highest BCUT2D eigenvalue weighted by molar-refractivity contribution is 7.89. The fourth-order valence-corrected chi connectivity index (χ4v) is 3.76. The molecule has 1 aliphatic heterocycles. The fourth-order valence-electron chi connectivity index (χ4n) is 2.09. The lowest BCUT2D eigenvalue weighted by Gasteiger charge is -2.28. The van der Waals surface area contributed by atoms with Crippen molar-refractivity contribution in [3.63, 3.8) is 0 Å². The molecule has 0 aromatic carbocycles. The number of nitrogens with one attached hydrogen (secondary N) is 2. The zero-order chi connectivity index (χ0) is 13.6. The van der Waals surface area contributed by atoms with E-state index in [9.17, 15) is 8.42 Å². The van der Waals surface area contributed by atoms with Crippen LogP contribution in [-0.2, 0) is 14.8 Å². The van der Waals surface area contributed by atoms with Crippen molar-refractivity contribution in [1.29, 1.82) is 0 Å². The molecule has 1 saturated heterocycles. The van der Waals surface area contributed by atoms with Gasteiger partial charge >= 0.3 is 0 Å². The second kappa shape index (κ2) is 6.84. The van der Waals surface area contributed by atoms with E-state index < -0.39 is 15.6 Å². The Hall–Kier alpha value is -0.170. The van der Waals surface area contributed by atoms with E-state index in [2.05, 4.69) is 10.0 Å². The molecule has 2 unspecified atom stereocenters. The third-order valence-electron chi connectivity index (χ3n) is 3.54. The molecule has 18 heavy (non-hydrogen) atoms. The summed E-state index contributed by atoms with van der Waals surface area (Å²) in [4.78, 5) is 0. The Morgan fingerprint density at radius 2 is 2.11 bits per heavy atom. The van der Waals surface area contributed by atoms with Crippen molar-refractivity contribution >= 4 is 10.0 Å². The normalized spacial score (nSPS) is 28.7. The molecule has 108 valence electrons. The van der Waals surface area contributed by atoms with Gasteiger partial charge in [-0.25, -0.2) is 13.1 Å². The number of ether oxygens (including phenoxy) is 1. The van der Waals surface area contributed by atoms with E-state index in [-0.39, 0.29) is 11.9 Å². The summed E-state index contributed by atoms with van der Waals surface area (Å²) in [6, 6.07) is 0. The predicted octanol–water partition coefficient (Wildman–Crippen LogP) is 0.863. The first-order valence-corrected chi connectivity index (χ1v) is 8.39. The summed E-state index contributed by atoms with van der Waals surface area (Å²) in [5.74, 6) is 0.195. The largest absolute Gasteiger partial charge is 0.376 e. The quantitative estimate of drug-likeness (QED) is 0.646. The molecule has 0 aromatic rings. The van der Waals surface area contributed by atoms with Crippen molar-refractivity contribution in [1.82, 2.24) is 10.0 Å². The lowest BCUT2D eigenvalue weighted by Crippen LogP contribution is -2.51. The Kier molecular flexibility index (Phi) is 6.04. The van der Waals surface area contributed by atoms with Gasteiger partial charge in [-0.3, -0.25) is 0 Å². The summed E-state index contributed by atoms with van der Waals surface area (Å²) in [5.41, 5.74) is -0.444. The summed E-state index contributed by atoms with van der Waals surface area (Å²) in [6.45, 7) is 8.31. The molecule has 1 fully saturated rings. The van der Waals surface area contributed by atoms with Crippen LogP contribution in [-0.4, -0.2) is 45.5 Å². The Balaban J connectivity index is 2.35. The molecule has 1 heterocycles. The molecule has 2 N–H and O–H groups in total. The molecule has 0 saturated carbocycles. The zero-order valence-electron chi connectivity index (χ0n) is 11.7. The second-order valence-corrected chi connectivity index (χ2v) is 7.00. The smallest absolute Gasteiger partial charge is 0.212 e. The number of unbranched alkanes of at least 4 members (excludes halogenated alkanes) is 1. The van der Waals surface area contributed by atoms with E-state index in [1.54, 1.807) is 0 Å². The van der Waals surface area contributed by atoms with E-state index in [0.717, 1.165) is 25.9 Å². The minimum absolute atomic E-state index is 0.0611. The summed E-state index contributed by atoms with van der Waals surface area (Å²) < 4.78 is 32.2. The van der Waals surface area contributed by atoms with Crippen LogP contribution in [0.1, 0.15) is 40.0 Å². The fraction of sp³-hybridized carbons (Fsp3) is 1.00. The molecule has 0 aliphatic carbocycles.